The third-order valence-electron chi connectivity index (χ3n) is 2.07. The SMILES string of the molecule is COc1cc(SCC(O)CO)c([N+](=O)[O-])cc1F. The van der Waals surface area contributed by atoms with E-state index in [1.807, 2.05) is 0 Å². The molecule has 18 heavy (non-hydrogen) atoms. The number of hydrogen-bond donors (Lipinski definition) is 2. The van der Waals surface area contributed by atoms with Crippen LogP contribution in [0.5, 0.6) is 5.75 Å². The molecule has 0 radical (unpaired) electrons. The predicted molar refractivity (Wildman–Crippen MR) is 63.4 cm³/mol. The number of halogens is 1. The number of rotatable bonds is 6. The lowest BCUT2D eigenvalue weighted by atomic mass is 10.3. The molecule has 0 saturated carbocycles. The van der Waals surface area contributed by atoms with E-state index < -0.39 is 29.1 Å². The van der Waals surface area contributed by atoms with Gasteiger partial charge in [0.05, 0.1) is 35.7 Å². The summed E-state index contributed by atoms with van der Waals surface area (Å²) in [5.74, 6) is -0.871. The third-order valence-corrected chi connectivity index (χ3v) is 3.26. The second-order valence-corrected chi connectivity index (χ2v) is 4.42. The minimum absolute atomic E-state index is 0.0616. The highest BCUT2D eigenvalue weighted by atomic mass is 32.2. The fourth-order valence-corrected chi connectivity index (χ4v) is 2.13. The van der Waals surface area contributed by atoms with E-state index in [0.717, 1.165) is 17.8 Å². The molecule has 100 valence electrons. The number of nitro benzene ring substituents is 1. The van der Waals surface area contributed by atoms with E-state index in [9.17, 15) is 19.6 Å². The van der Waals surface area contributed by atoms with Gasteiger partial charge < -0.3 is 14.9 Å². The van der Waals surface area contributed by atoms with Crippen molar-refractivity contribution in [1.82, 2.24) is 0 Å². The highest BCUT2D eigenvalue weighted by Crippen LogP contribution is 2.34. The van der Waals surface area contributed by atoms with Gasteiger partial charge in [0.25, 0.3) is 5.69 Å². The van der Waals surface area contributed by atoms with Gasteiger partial charge in [-0.15, -0.1) is 11.8 Å². The Kier molecular flexibility index (Phi) is 5.32. The molecule has 6 nitrogen and oxygen atoms in total. The molecule has 0 heterocycles. The highest BCUT2D eigenvalue weighted by molar-refractivity contribution is 7.99. The lowest BCUT2D eigenvalue weighted by Gasteiger charge is -2.09. The average molecular weight is 277 g/mol. The van der Waals surface area contributed by atoms with Crippen molar-refractivity contribution in [3.63, 3.8) is 0 Å². The van der Waals surface area contributed by atoms with Crippen LogP contribution in [0.3, 0.4) is 0 Å². The molecule has 1 unspecified atom stereocenters. The molecule has 2 N–H and O–H groups in total. The van der Waals surface area contributed by atoms with Crippen LogP contribution >= 0.6 is 11.8 Å². The fourth-order valence-electron chi connectivity index (χ4n) is 1.18. The first-order valence-corrected chi connectivity index (χ1v) is 5.91. The summed E-state index contributed by atoms with van der Waals surface area (Å²) in [7, 11) is 1.25. The number of nitrogens with zero attached hydrogens (tertiary/aromatic N) is 1. The summed E-state index contributed by atoms with van der Waals surface area (Å²) >= 11 is 0.948. The van der Waals surface area contributed by atoms with E-state index >= 15 is 0 Å². The molecule has 0 aromatic heterocycles. The summed E-state index contributed by atoms with van der Waals surface area (Å²) in [6, 6.07) is 1.97. The van der Waals surface area contributed by atoms with Gasteiger partial charge in [-0.2, -0.15) is 0 Å². The van der Waals surface area contributed by atoms with E-state index in [1.54, 1.807) is 0 Å². The second-order valence-electron chi connectivity index (χ2n) is 3.36. The third kappa shape index (κ3) is 3.56. The number of thioether (sulfide) groups is 1. The molecule has 0 aliphatic carbocycles. The van der Waals surface area contributed by atoms with E-state index in [1.165, 1.54) is 13.2 Å². The van der Waals surface area contributed by atoms with Crippen molar-refractivity contribution in [2.75, 3.05) is 19.5 Å². The maximum absolute atomic E-state index is 13.3. The van der Waals surface area contributed by atoms with Crippen LogP contribution in [0.4, 0.5) is 10.1 Å². The number of hydrogen-bond acceptors (Lipinski definition) is 6. The molecular weight excluding hydrogens is 265 g/mol. The average Bonchev–Trinajstić information content (AvgIpc) is 2.36. The summed E-state index contributed by atoms with van der Waals surface area (Å²) in [4.78, 5) is 10.2. The zero-order chi connectivity index (χ0) is 13.7. The van der Waals surface area contributed by atoms with Crippen LogP contribution in [0, 0.1) is 15.9 Å². The first-order valence-electron chi connectivity index (χ1n) is 4.93. The molecule has 0 spiro atoms. The largest absolute Gasteiger partial charge is 0.494 e. The number of ether oxygens (including phenoxy) is 1. The fraction of sp³-hybridized carbons (Fsp3) is 0.400. The molecular formula is C10H12FNO5S. The van der Waals surface area contributed by atoms with Gasteiger partial charge in [-0.1, -0.05) is 0 Å². The lowest BCUT2D eigenvalue weighted by Crippen LogP contribution is -2.14. The van der Waals surface area contributed by atoms with Crippen molar-refractivity contribution in [2.24, 2.45) is 0 Å². The molecule has 8 heteroatoms. The molecule has 1 atom stereocenters. The minimum atomic E-state index is -0.995. The molecule has 0 fully saturated rings. The molecule has 0 saturated heterocycles. The van der Waals surface area contributed by atoms with E-state index in [-0.39, 0.29) is 16.4 Å². The molecule has 0 amide bonds. The van der Waals surface area contributed by atoms with Gasteiger partial charge in [-0.25, -0.2) is 4.39 Å². The van der Waals surface area contributed by atoms with Crippen LogP contribution in [-0.4, -0.2) is 40.7 Å². The van der Waals surface area contributed by atoms with Crippen molar-refractivity contribution < 1.29 is 24.3 Å². The molecule has 0 aliphatic rings. The lowest BCUT2D eigenvalue weighted by molar-refractivity contribution is -0.387. The van der Waals surface area contributed by atoms with Crippen molar-refractivity contribution in [3.8, 4) is 5.75 Å². The van der Waals surface area contributed by atoms with E-state index in [2.05, 4.69) is 0 Å². The Morgan fingerprint density at radius 1 is 1.61 bits per heavy atom. The standard InChI is InChI=1S/C10H12FNO5S/c1-17-9-3-10(18-5-6(14)4-13)8(12(15)16)2-7(9)11/h2-3,6,13-14H,4-5H2,1H3. The van der Waals surface area contributed by atoms with Crippen molar-refractivity contribution in [3.05, 3.63) is 28.1 Å². The monoisotopic (exact) mass is 277 g/mol. The van der Waals surface area contributed by atoms with Crippen LogP contribution in [0.25, 0.3) is 0 Å². The van der Waals surface area contributed by atoms with Crippen LogP contribution in [0.1, 0.15) is 0 Å². The van der Waals surface area contributed by atoms with Gasteiger partial charge >= 0.3 is 0 Å². The Labute approximate surface area is 107 Å². The first kappa shape index (κ1) is 14.7. The van der Waals surface area contributed by atoms with Gasteiger partial charge in [0.2, 0.25) is 0 Å². The normalized spacial score (nSPS) is 12.2. The van der Waals surface area contributed by atoms with Crippen molar-refractivity contribution in [2.45, 2.75) is 11.0 Å². The number of benzene rings is 1. The number of aliphatic hydroxyl groups excluding tert-OH is 2. The molecule has 0 aliphatic heterocycles. The smallest absolute Gasteiger partial charge is 0.286 e. The van der Waals surface area contributed by atoms with Crippen LogP contribution in [-0.2, 0) is 0 Å². The molecule has 1 aromatic carbocycles. The molecule has 1 aromatic rings. The van der Waals surface area contributed by atoms with Crippen LogP contribution in [0.2, 0.25) is 0 Å². The number of nitro groups is 1. The van der Waals surface area contributed by atoms with E-state index in [0.29, 0.717) is 0 Å². The summed E-state index contributed by atoms with van der Waals surface area (Å²) < 4.78 is 18.1. The first-order chi connectivity index (χ1) is 8.49. The number of aliphatic hydroxyl groups is 2. The van der Waals surface area contributed by atoms with Gasteiger partial charge in [0, 0.05) is 11.8 Å². The Morgan fingerprint density at radius 2 is 2.28 bits per heavy atom. The van der Waals surface area contributed by atoms with Gasteiger partial charge in [-0.3, -0.25) is 10.1 Å². The van der Waals surface area contributed by atoms with Crippen LogP contribution < -0.4 is 4.74 Å². The minimum Gasteiger partial charge on any atom is -0.494 e. The Hall–Kier alpha value is -1.38. The van der Waals surface area contributed by atoms with E-state index in [4.69, 9.17) is 9.84 Å². The van der Waals surface area contributed by atoms with Crippen molar-refractivity contribution >= 4 is 17.4 Å². The topological polar surface area (TPSA) is 92.8 Å². The van der Waals surface area contributed by atoms with Gasteiger partial charge in [0.15, 0.2) is 11.6 Å². The second kappa shape index (κ2) is 6.53. The molecule has 1 rings (SSSR count). The number of methoxy groups -OCH3 is 1. The molecule has 0 bridgehead atoms. The highest BCUT2D eigenvalue weighted by Gasteiger charge is 2.20. The summed E-state index contributed by atoms with van der Waals surface area (Å²) in [5, 5.41) is 28.6. The van der Waals surface area contributed by atoms with Gasteiger partial charge in [-0.05, 0) is 0 Å². The van der Waals surface area contributed by atoms with Crippen LogP contribution in [0.15, 0.2) is 17.0 Å². The zero-order valence-electron chi connectivity index (χ0n) is 9.50. The Morgan fingerprint density at radius 3 is 2.78 bits per heavy atom. The predicted octanol–water partition coefficient (Wildman–Crippen LogP) is 1.19. The van der Waals surface area contributed by atoms with Crippen molar-refractivity contribution in [1.29, 1.82) is 0 Å². The van der Waals surface area contributed by atoms with Gasteiger partial charge in [0.1, 0.15) is 0 Å². The maximum Gasteiger partial charge on any atom is 0.286 e. The summed E-state index contributed by atoms with van der Waals surface area (Å²) in [6.07, 6.45) is -0.995. The Bertz CT molecular complexity index is 443. The summed E-state index contributed by atoms with van der Waals surface area (Å²) in [5.41, 5.74) is -0.400. The summed E-state index contributed by atoms with van der Waals surface area (Å²) in [6.45, 7) is -0.445. The Balaban J connectivity index is 3.02. The quantitative estimate of drug-likeness (QED) is 0.461. The zero-order valence-corrected chi connectivity index (χ0v) is 10.3. The maximum atomic E-state index is 13.3.